The lowest BCUT2D eigenvalue weighted by atomic mass is 10.1. The number of carbonyl (C=O) groups excluding carboxylic acids is 2. The number of nitrogens with zero attached hydrogens (tertiary/aromatic N) is 2. The largest absolute Gasteiger partial charge is 0.469 e. The first-order valence-corrected chi connectivity index (χ1v) is 11.9. The highest BCUT2D eigenvalue weighted by Gasteiger charge is 2.32. The summed E-state index contributed by atoms with van der Waals surface area (Å²) in [4.78, 5) is 26.0. The second-order valence-corrected chi connectivity index (χ2v) is 9.84. The second-order valence-electron chi connectivity index (χ2n) is 7.90. The van der Waals surface area contributed by atoms with E-state index >= 15 is 0 Å². The van der Waals surface area contributed by atoms with Crippen LogP contribution in [-0.4, -0.2) is 81.5 Å². The molecule has 1 amide bonds. The summed E-state index contributed by atoms with van der Waals surface area (Å²) in [6, 6.07) is 6.14. The van der Waals surface area contributed by atoms with Crippen LogP contribution in [-0.2, 0) is 29.1 Å². The van der Waals surface area contributed by atoms with Gasteiger partial charge in [-0.1, -0.05) is 13.8 Å². The highest BCUT2D eigenvalue weighted by Crippen LogP contribution is 2.22. The van der Waals surface area contributed by atoms with Gasteiger partial charge in [0.15, 0.2) is 0 Å². The number of nitrogens with one attached hydrogen (secondary N) is 1. The molecule has 1 aliphatic heterocycles. The predicted molar refractivity (Wildman–Crippen MR) is 117 cm³/mol. The van der Waals surface area contributed by atoms with Gasteiger partial charge in [0.1, 0.15) is 0 Å². The maximum absolute atomic E-state index is 12.9. The molecule has 1 saturated heterocycles. The van der Waals surface area contributed by atoms with Crippen molar-refractivity contribution in [2.45, 2.75) is 44.8 Å². The van der Waals surface area contributed by atoms with E-state index in [1.807, 2.05) is 25.7 Å². The van der Waals surface area contributed by atoms with Gasteiger partial charge in [0.2, 0.25) is 15.9 Å². The molecule has 3 atom stereocenters. The molecule has 0 aliphatic carbocycles. The molecule has 31 heavy (non-hydrogen) atoms. The number of amides is 1. The zero-order chi connectivity index (χ0) is 23.2. The molecule has 1 aromatic rings. The first-order chi connectivity index (χ1) is 14.6. The van der Waals surface area contributed by atoms with E-state index in [1.165, 1.54) is 23.5 Å². The lowest BCUT2D eigenvalue weighted by molar-refractivity contribution is -0.145. The van der Waals surface area contributed by atoms with Crippen LogP contribution in [0.15, 0.2) is 29.2 Å². The van der Waals surface area contributed by atoms with Crippen LogP contribution in [0, 0.1) is 5.92 Å². The van der Waals surface area contributed by atoms with E-state index in [1.54, 1.807) is 19.1 Å². The maximum atomic E-state index is 12.9. The fourth-order valence-corrected chi connectivity index (χ4v) is 5.15. The molecule has 1 aliphatic rings. The molecule has 2 rings (SSSR count). The molecular formula is C21H33N3O6S. The van der Waals surface area contributed by atoms with Crippen molar-refractivity contribution in [3.63, 3.8) is 0 Å². The Hall–Kier alpha value is -2.01. The Morgan fingerprint density at radius 2 is 1.81 bits per heavy atom. The molecule has 0 spiro atoms. The van der Waals surface area contributed by atoms with Gasteiger partial charge in [0.25, 0.3) is 0 Å². The predicted octanol–water partition coefficient (Wildman–Crippen LogP) is 1.55. The number of anilines is 1. The van der Waals surface area contributed by atoms with Gasteiger partial charge in [0.05, 0.1) is 36.7 Å². The summed E-state index contributed by atoms with van der Waals surface area (Å²) in [5.74, 6) is -0.905. The quantitative estimate of drug-likeness (QED) is 0.563. The topological polar surface area (TPSA) is 105 Å². The van der Waals surface area contributed by atoms with Crippen LogP contribution in [0.3, 0.4) is 0 Å². The molecule has 0 radical (unpaired) electrons. The van der Waals surface area contributed by atoms with E-state index < -0.39 is 10.0 Å². The van der Waals surface area contributed by atoms with Gasteiger partial charge < -0.3 is 14.8 Å². The molecule has 9 nitrogen and oxygen atoms in total. The monoisotopic (exact) mass is 455 g/mol. The highest BCUT2D eigenvalue weighted by molar-refractivity contribution is 7.89. The van der Waals surface area contributed by atoms with Crippen LogP contribution in [0.4, 0.5) is 5.69 Å². The fourth-order valence-electron chi connectivity index (χ4n) is 3.56. The van der Waals surface area contributed by atoms with Gasteiger partial charge in [-0.3, -0.25) is 14.5 Å². The van der Waals surface area contributed by atoms with Crippen LogP contribution >= 0.6 is 0 Å². The van der Waals surface area contributed by atoms with E-state index in [-0.39, 0.29) is 41.4 Å². The van der Waals surface area contributed by atoms with Crippen molar-refractivity contribution in [2.75, 3.05) is 45.2 Å². The van der Waals surface area contributed by atoms with Gasteiger partial charge in [-0.2, -0.15) is 4.31 Å². The third-order valence-corrected chi connectivity index (χ3v) is 6.96. The minimum absolute atomic E-state index is 0.113. The van der Waals surface area contributed by atoms with Crippen molar-refractivity contribution >= 4 is 27.6 Å². The Bertz CT molecular complexity index is 848. The zero-order valence-corrected chi connectivity index (χ0v) is 19.6. The number of esters is 1. The third-order valence-electron chi connectivity index (χ3n) is 5.11. The van der Waals surface area contributed by atoms with E-state index in [2.05, 4.69) is 5.32 Å². The van der Waals surface area contributed by atoms with E-state index in [9.17, 15) is 18.0 Å². The van der Waals surface area contributed by atoms with Crippen LogP contribution in [0.2, 0.25) is 0 Å². The summed E-state index contributed by atoms with van der Waals surface area (Å²) in [5, 5.41) is 2.77. The van der Waals surface area contributed by atoms with Crippen molar-refractivity contribution in [2.24, 2.45) is 5.92 Å². The normalized spacial score (nSPS) is 21.0. The van der Waals surface area contributed by atoms with Crippen LogP contribution < -0.4 is 5.32 Å². The van der Waals surface area contributed by atoms with Gasteiger partial charge in [-0.15, -0.1) is 0 Å². The Morgan fingerprint density at radius 3 is 2.32 bits per heavy atom. The standard InChI is InChI=1S/C21H33N3O6S/c1-6-23(11-15(2)21(26)29-5)14-20(25)22-18-7-9-19(10-8-18)31(27,28)24-12-16(3)30-17(4)13-24/h7-10,15-17H,6,11-14H2,1-5H3,(H,22,25). The Kier molecular flexibility index (Phi) is 8.99. The minimum Gasteiger partial charge on any atom is -0.469 e. The highest BCUT2D eigenvalue weighted by atomic mass is 32.2. The van der Waals surface area contributed by atoms with Crippen molar-refractivity contribution in [1.29, 1.82) is 0 Å². The first-order valence-electron chi connectivity index (χ1n) is 10.4. The number of rotatable bonds is 9. The van der Waals surface area contributed by atoms with Gasteiger partial charge in [0, 0.05) is 25.3 Å². The first kappa shape index (κ1) is 25.3. The molecule has 0 saturated carbocycles. The molecule has 1 aromatic carbocycles. The average molecular weight is 456 g/mol. The van der Waals surface area contributed by atoms with Crippen molar-refractivity contribution < 1.29 is 27.5 Å². The Balaban J connectivity index is 1.98. The fraction of sp³-hybridized carbons (Fsp3) is 0.619. The molecule has 1 heterocycles. The van der Waals surface area contributed by atoms with Crippen LogP contribution in [0.25, 0.3) is 0 Å². The summed E-state index contributed by atoms with van der Waals surface area (Å²) in [6.07, 6.45) is -0.332. The number of benzene rings is 1. The molecule has 10 heteroatoms. The molecule has 0 aromatic heterocycles. The van der Waals surface area contributed by atoms with Crippen LogP contribution in [0.1, 0.15) is 27.7 Å². The third kappa shape index (κ3) is 6.99. The summed E-state index contributed by atoms with van der Waals surface area (Å²) in [5.41, 5.74) is 0.504. The summed E-state index contributed by atoms with van der Waals surface area (Å²) >= 11 is 0. The smallest absolute Gasteiger partial charge is 0.309 e. The van der Waals surface area contributed by atoms with Gasteiger partial charge in [-0.25, -0.2) is 8.42 Å². The average Bonchev–Trinajstić information content (AvgIpc) is 2.72. The zero-order valence-electron chi connectivity index (χ0n) is 18.8. The second kappa shape index (κ2) is 11.0. The number of sulfonamides is 1. The van der Waals surface area contributed by atoms with Crippen molar-refractivity contribution in [1.82, 2.24) is 9.21 Å². The number of hydrogen-bond donors (Lipinski definition) is 1. The molecule has 174 valence electrons. The Labute approximate surface area is 184 Å². The number of carbonyl (C=O) groups is 2. The Morgan fingerprint density at radius 1 is 1.23 bits per heavy atom. The van der Waals surface area contributed by atoms with Crippen molar-refractivity contribution in [3.8, 4) is 0 Å². The molecule has 0 bridgehead atoms. The summed E-state index contributed by atoms with van der Waals surface area (Å²) < 4.78 is 37.6. The lowest BCUT2D eigenvalue weighted by Gasteiger charge is -2.34. The number of ether oxygens (including phenoxy) is 2. The van der Waals surface area contributed by atoms with E-state index in [4.69, 9.17) is 9.47 Å². The summed E-state index contributed by atoms with van der Waals surface area (Å²) in [6.45, 7) is 9.09. The molecule has 3 unspecified atom stereocenters. The SMILES string of the molecule is CCN(CC(=O)Nc1ccc(S(=O)(=O)N2CC(C)OC(C)C2)cc1)CC(C)C(=O)OC. The molecular weight excluding hydrogens is 422 g/mol. The lowest BCUT2D eigenvalue weighted by Crippen LogP contribution is -2.48. The van der Waals surface area contributed by atoms with E-state index in [0.717, 1.165) is 0 Å². The number of morpholine rings is 1. The maximum Gasteiger partial charge on any atom is 0.309 e. The van der Waals surface area contributed by atoms with E-state index in [0.29, 0.717) is 31.9 Å². The molecule has 1 N–H and O–H groups in total. The van der Waals surface area contributed by atoms with Crippen LogP contribution in [0.5, 0.6) is 0 Å². The van der Waals surface area contributed by atoms with Gasteiger partial charge >= 0.3 is 5.97 Å². The summed E-state index contributed by atoms with van der Waals surface area (Å²) in [7, 11) is -2.29. The number of methoxy groups -OCH3 is 1. The number of hydrogen-bond acceptors (Lipinski definition) is 7. The van der Waals surface area contributed by atoms with Gasteiger partial charge in [-0.05, 0) is 44.7 Å². The molecule has 1 fully saturated rings. The van der Waals surface area contributed by atoms with Crippen molar-refractivity contribution in [3.05, 3.63) is 24.3 Å². The minimum atomic E-state index is -3.63. The number of likely N-dealkylation sites (N-methyl/N-ethyl adjacent to an activating group) is 1.